The van der Waals surface area contributed by atoms with Gasteiger partial charge >= 0.3 is 0 Å². The molecule has 1 N–H and O–H groups in total. The van der Waals surface area contributed by atoms with Crippen molar-refractivity contribution in [2.45, 2.75) is 63.5 Å². The van der Waals surface area contributed by atoms with E-state index in [1.807, 2.05) is 6.07 Å². The van der Waals surface area contributed by atoms with Crippen LogP contribution in [0.1, 0.15) is 56.1 Å². The Labute approximate surface area is 150 Å². The standard InChI is InChI=1S/C22H29NO2/c1-3-10-23(12-14-5-6-14)17-11-15-7-9-18(24)22-19(15)20-16(17)8-4-13(2)21(20)25-22/h7,9,14,16-17,20-21,24H,2-6,8,10-12H2,1H3/t16?,17-,20?,21?/m1/s1. The van der Waals surface area contributed by atoms with E-state index < -0.39 is 0 Å². The third-order valence-electron chi connectivity index (χ3n) is 6.93. The number of phenols is 1. The molecule has 2 fully saturated rings. The number of aromatic hydroxyl groups is 1. The highest BCUT2D eigenvalue weighted by molar-refractivity contribution is 5.58. The second-order valence-corrected chi connectivity index (χ2v) is 8.62. The van der Waals surface area contributed by atoms with Crippen LogP contribution in [0.3, 0.4) is 0 Å². The summed E-state index contributed by atoms with van der Waals surface area (Å²) in [5.41, 5.74) is 3.91. The molecule has 1 aliphatic heterocycles. The maximum absolute atomic E-state index is 10.3. The summed E-state index contributed by atoms with van der Waals surface area (Å²) in [7, 11) is 0. The molecule has 3 heteroatoms. The Balaban J connectivity index is 1.55. The Morgan fingerprint density at radius 1 is 1.28 bits per heavy atom. The highest BCUT2D eigenvalue weighted by Gasteiger charge is 2.52. The van der Waals surface area contributed by atoms with Gasteiger partial charge in [0.25, 0.3) is 0 Å². The number of nitrogens with zero attached hydrogens (tertiary/aromatic N) is 1. The predicted molar refractivity (Wildman–Crippen MR) is 99.2 cm³/mol. The molecule has 3 unspecified atom stereocenters. The second-order valence-electron chi connectivity index (χ2n) is 8.62. The molecule has 0 saturated heterocycles. The van der Waals surface area contributed by atoms with Gasteiger partial charge in [0.15, 0.2) is 11.5 Å². The Hall–Kier alpha value is -1.48. The molecular weight excluding hydrogens is 310 g/mol. The third-order valence-corrected chi connectivity index (χ3v) is 6.93. The lowest BCUT2D eigenvalue weighted by Crippen LogP contribution is -2.51. The minimum absolute atomic E-state index is 0.0769. The zero-order valence-electron chi connectivity index (χ0n) is 15.2. The van der Waals surface area contributed by atoms with Crippen LogP contribution in [-0.2, 0) is 6.42 Å². The normalized spacial score (nSPS) is 32.6. The first-order chi connectivity index (χ1) is 12.2. The van der Waals surface area contributed by atoms with Crippen LogP contribution >= 0.6 is 0 Å². The molecule has 0 aromatic heterocycles. The lowest BCUT2D eigenvalue weighted by atomic mass is 9.64. The van der Waals surface area contributed by atoms with Gasteiger partial charge in [0.05, 0.1) is 0 Å². The molecule has 0 amide bonds. The molecule has 4 atom stereocenters. The quantitative estimate of drug-likeness (QED) is 0.814. The number of rotatable bonds is 5. The molecule has 1 aromatic rings. The average molecular weight is 339 g/mol. The van der Waals surface area contributed by atoms with Crippen molar-refractivity contribution in [2.75, 3.05) is 13.1 Å². The van der Waals surface area contributed by atoms with E-state index in [2.05, 4.69) is 24.5 Å². The summed E-state index contributed by atoms with van der Waals surface area (Å²) < 4.78 is 6.26. The van der Waals surface area contributed by atoms with E-state index >= 15 is 0 Å². The first-order valence-electron chi connectivity index (χ1n) is 10.1. The first-order valence-corrected chi connectivity index (χ1v) is 10.1. The van der Waals surface area contributed by atoms with Crippen LogP contribution in [-0.4, -0.2) is 35.2 Å². The fraction of sp³-hybridized carbons (Fsp3) is 0.636. The van der Waals surface area contributed by atoms with Crippen molar-refractivity contribution in [3.05, 3.63) is 35.4 Å². The molecule has 4 aliphatic rings. The highest BCUT2D eigenvalue weighted by Crippen LogP contribution is 2.58. The third kappa shape index (κ3) is 2.43. The van der Waals surface area contributed by atoms with Crippen LogP contribution < -0.4 is 4.74 Å². The zero-order chi connectivity index (χ0) is 17.1. The summed E-state index contributed by atoms with van der Waals surface area (Å²) in [5, 5.41) is 10.3. The summed E-state index contributed by atoms with van der Waals surface area (Å²) in [6.45, 7) is 9.08. The smallest absolute Gasteiger partial charge is 0.165 e. The van der Waals surface area contributed by atoms with Gasteiger partial charge in [-0.05, 0) is 74.1 Å². The minimum Gasteiger partial charge on any atom is -0.504 e. The van der Waals surface area contributed by atoms with Crippen molar-refractivity contribution in [1.29, 1.82) is 0 Å². The summed E-state index contributed by atoms with van der Waals surface area (Å²) in [4.78, 5) is 2.79. The Bertz CT molecular complexity index is 708. The average Bonchev–Trinajstić information content (AvgIpc) is 3.32. The first kappa shape index (κ1) is 15.7. The Morgan fingerprint density at radius 3 is 2.88 bits per heavy atom. The van der Waals surface area contributed by atoms with Gasteiger partial charge < -0.3 is 9.84 Å². The summed E-state index contributed by atoms with van der Waals surface area (Å²) in [6, 6.07) is 4.59. The number of phenolic OH excluding ortho intramolecular Hbond substituents is 1. The maximum atomic E-state index is 10.3. The van der Waals surface area contributed by atoms with E-state index in [0.717, 1.165) is 24.5 Å². The van der Waals surface area contributed by atoms with Crippen LogP contribution in [0.25, 0.3) is 0 Å². The highest BCUT2D eigenvalue weighted by atomic mass is 16.5. The van der Waals surface area contributed by atoms with E-state index in [-0.39, 0.29) is 6.10 Å². The fourth-order valence-corrected chi connectivity index (χ4v) is 5.62. The predicted octanol–water partition coefficient (Wildman–Crippen LogP) is 4.25. The zero-order valence-corrected chi connectivity index (χ0v) is 15.2. The summed E-state index contributed by atoms with van der Waals surface area (Å²) in [6.07, 6.45) is 7.52. The van der Waals surface area contributed by atoms with Gasteiger partial charge in [0, 0.05) is 24.1 Å². The molecule has 25 heavy (non-hydrogen) atoms. The van der Waals surface area contributed by atoms with Crippen LogP contribution in [0.4, 0.5) is 0 Å². The van der Waals surface area contributed by atoms with Gasteiger partial charge in [-0.3, -0.25) is 4.90 Å². The topological polar surface area (TPSA) is 32.7 Å². The Morgan fingerprint density at radius 2 is 2.12 bits per heavy atom. The van der Waals surface area contributed by atoms with Gasteiger partial charge in [-0.25, -0.2) is 0 Å². The molecule has 0 bridgehead atoms. The van der Waals surface area contributed by atoms with Crippen LogP contribution in [0.5, 0.6) is 11.5 Å². The van der Waals surface area contributed by atoms with Crippen molar-refractivity contribution in [3.63, 3.8) is 0 Å². The summed E-state index contributed by atoms with van der Waals surface area (Å²) in [5.74, 6) is 3.02. The minimum atomic E-state index is 0.0769. The van der Waals surface area contributed by atoms with Gasteiger partial charge in [-0.1, -0.05) is 19.6 Å². The molecule has 2 saturated carbocycles. The number of benzene rings is 1. The number of hydrogen-bond donors (Lipinski definition) is 1. The van der Waals surface area contributed by atoms with Gasteiger partial charge in [-0.15, -0.1) is 0 Å². The SMILES string of the molecule is C=C1CCC2C3c4c(ccc(O)c4OC13)C[C@H]2N(CCC)CC1CC1. The van der Waals surface area contributed by atoms with E-state index in [4.69, 9.17) is 4.74 Å². The molecule has 5 rings (SSSR count). The van der Waals surface area contributed by atoms with Gasteiger partial charge in [-0.2, -0.15) is 0 Å². The molecule has 0 radical (unpaired) electrons. The molecule has 0 spiro atoms. The van der Waals surface area contributed by atoms with Crippen LogP contribution in [0.15, 0.2) is 24.3 Å². The van der Waals surface area contributed by atoms with Crippen molar-refractivity contribution in [2.24, 2.45) is 11.8 Å². The van der Waals surface area contributed by atoms with E-state index in [1.165, 1.54) is 55.5 Å². The van der Waals surface area contributed by atoms with E-state index in [9.17, 15) is 5.11 Å². The van der Waals surface area contributed by atoms with Gasteiger partial charge in [0.1, 0.15) is 6.10 Å². The van der Waals surface area contributed by atoms with Crippen molar-refractivity contribution < 1.29 is 9.84 Å². The number of ether oxygens (including phenoxy) is 1. The van der Waals surface area contributed by atoms with Crippen molar-refractivity contribution in [3.8, 4) is 11.5 Å². The molecule has 1 aromatic carbocycles. The van der Waals surface area contributed by atoms with Crippen LogP contribution in [0, 0.1) is 11.8 Å². The summed E-state index contributed by atoms with van der Waals surface area (Å²) >= 11 is 0. The molecule has 1 heterocycles. The van der Waals surface area contributed by atoms with Gasteiger partial charge in [0.2, 0.25) is 0 Å². The molecule has 134 valence electrons. The number of hydrogen-bond acceptors (Lipinski definition) is 3. The Kier molecular flexibility index (Phi) is 3.63. The maximum Gasteiger partial charge on any atom is 0.165 e. The van der Waals surface area contributed by atoms with E-state index in [1.54, 1.807) is 0 Å². The molecular formula is C22H29NO2. The van der Waals surface area contributed by atoms with Crippen molar-refractivity contribution in [1.82, 2.24) is 4.90 Å². The van der Waals surface area contributed by atoms with Crippen molar-refractivity contribution >= 4 is 0 Å². The second kappa shape index (κ2) is 5.77. The monoisotopic (exact) mass is 339 g/mol. The molecule has 3 aliphatic carbocycles. The lowest BCUT2D eigenvalue weighted by Gasteiger charge is -2.47. The lowest BCUT2D eigenvalue weighted by molar-refractivity contribution is 0.0704. The van der Waals surface area contributed by atoms with E-state index in [0.29, 0.717) is 23.6 Å². The fourth-order valence-electron chi connectivity index (χ4n) is 5.62. The largest absolute Gasteiger partial charge is 0.504 e. The van der Waals surface area contributed by atoms with Crippen LogP contribution in [0.2, 0.25) is 0 Å². The molecule has 3 nitrogen and oxygen atoms in total.